The number of hydrogen-bond acceptors (Lipinski definition) is 0. The van der Waals surface area contributed by atoms with E-state index in [1.54, 1.807) is 0 Å². The molecule has 0 spiro atoms. The van der Waals surface area contributed by atoms with E-state index in [2.05, 4.69) is 120 Å². The molecule has 0 heterocycles. The molecule has 2 heteroatoms. The van der Waals surface area contributed by atoms with E-state index in [1.807, 2.05) is 0 Å². The van der Waals surface area contributed by atoms with E-state index in [0.29, 0.717) is 0 Å². The number of hydrogen-bond donors (Lipinski definition) is 0. The Kier molecular flexibility index (Phi) is 3.90. The van der Waals surface area contributed by atoms with E-state index in [0.717, 1.165) is 0 Å². The number of halogens is 1. The van der Waals surface area contributed by atoms with Crippen LogP contribution in [0.15, 0.2) is 91.0 Å². The average molecular weight is 405 g/mol. The molecule has 0 aromatic heterocycles. The molecule has 0 amide bonds. The van der Waals surface area contributed by atoms with Crippen LogP contribution in [-0.2, 0) is 0 Å². The van der Waals surface area contributed by atoms with Crippen molar-refractivity contribution in [2.24, 2.45) is 0 Å². The van der Waals surface area contributed by atoms with Crippen molar-refractivity contribution < 1.29 is 0 Å². The molecule has 3 aromatic rings. The first-order valence-electron chi connectivity index (χ1n) is 7.02. The molecule has 0 bridgehead atoms. The van der Waals surface area contributed by atoms with Gasteiger partial charge >= 0.3 is 140 Å². The van der Waals surface area contributed by atoms with Crippen LogP contribution >= 0.6 is 26.3 Å². The van der Waals surface area contributed by atoms with Gasteiger partial charge in [-0.25, -0.2) is 0 Å². The van der Waals surface area contributed by atoms with Crippen LogP contribution in [0.5, 0.6) is 0 Å². The van der Waals surface area contributed by atoms with Crippen LogP contribution in [0.2, 0.25) is 0 Å². The van der Waals surface area contributed by atoms with Crippen LogP contribution in [0.1, 0.15) is 0 Å². The maximum absolute atomic E-state index is 2.74. The maximum atomic E-state index is 2.74. The second kappa shape index (κ2) is 5.55. The van der Waals surface area contributed by atoms with Gasteiger partial charge in [-0.3, -0.25) is 0 Å². The van der Waals surface area contributed by atoms with E-state index >= 15 is 0 Å². The first-order valence-corrected chi connectivity index (χ1v) is 12.5. The zero-order valence-corrected chi connectivity index (χ0v) is 15.0. The number of benzene rings is 3. The average Bonchev–Trinajstić information content (AvgIpc) is 2.57. The van der Waals surface area contributed by atoms with Crippen molar-refractivity contribution in [2.75, 3.05) is 6.66 Å². The van der Waals surface area contributed by atoms with E-state index < -0.39 is 4.25 Å². The molecule has 0 aliphatic heterocycles. The summed E-state index contributed by atoms with van der Waals surface area (Å²) < 4.78 is -2.40. The van der Waals surface area contributed by atoms with Gasteiger partial charge in [0.25, 0.3) is 0 Å². The van der Waals surface area contributed by atoms with Crippen LogP contribution in [0.25, 0.3) is 0 Å². The fourth-order valence-corrected chi connectivity index (χ4v) is 9.23. The summed E-state index contributed by atoms with van der Waals surface area (Å²) in [6, 6.07) is 32.7. The molecule has 0 fully saturated rings. The van der Waals surface area contributed by atoms with Crippen LogP contribution in [0.3, 0.4) is 0 Å². The summed E-state index contributed by atoms with van der Waals surface area (Å²) in [6.07, 6.45) is 0. The molecule has 0 saturated carbocycles. The van der Waals surface area contributed by atoms with Gasteiger partial charge in [-0.1, -0.05) is 0 Å². The van der Waals surface area contributed by atoms with E-state index in [4.69, 9.17) is 0 Å². The first kappa shape index (κ1) is 14.7. The predicted octanol–water partition coefficient (Wildman–Crippen LogP) is 4.50. The third-order valence-corrected chi connectivity index (χ3v) is 13.7. The Morgan fingerprint density at radius 2 is 0.762 bits per heavy atom. The summed E-state index contributed by atoms with van der Waals surface area (Å²) in [5.41, 5.74) is 0. The van der Waals surface area contributed by atoms with Gasteiger partial charge in [-0.2, -0.15) is 0 Å². The molecule has 3 rings (SSSR count). The Balaban J connectivity index is 2.36. The van der Waals surface area contributed by atoms with Gasteiger partial charge in [0, 0.05) is 0 Å². The van der Waals surface area contributed by atoms with Crippen molar-refractivity contribution >= 4 is 42.2 Å². The summed E-state index contributed by atoms with van der Waals surface area (Å²) in [5.74, 6) is 0. The summed E-state index contributed by atoms with van der Waals surface area (Å²) in [4.78, 5) is 0. The summed E-state index contributed by atoms with van der Waals surface area (Å²) in [6.45, 7) is 2.44. The van der Waals surface area contributed by atoms with Crippen LogP contribution in [0.4, 0.5) is 0 Å². The van der Waals surface area contributed by atoms with Gasteiger partial charge in [0.2, 0.25) is 0 Å². The minimum atomic E-state index is -2.40. The van der Waals surface area contributed by atoms with Crippen molar-refractivity contribution in [1.29, 1.82) is 0 Å². The van der Waals surface area contributed by atoms with Crippen LogP contribution < -0.4 is 15.9 Å². The summed E-state index contributed by atoms with van der Waals surface area (Å²) >= 11 is 2.74. The van der Waals surface area contributed by atoms with Gasteiger partial charge in [-0.15, -0.1) is 0 Å². The molecule has 0 aliphatic carbocycles. The molecular weight excluding hydrogens is 387 g/mol. The Labute approximate surface area is 139 Å². The van der Waals surface area contributed by atoms with E-state index in [-0.39, 0.29) is 0 Å². The van der Waals surface area contributed by atoms with Crippen LogP contribution in [-0.4, -0.2) is 6.66 Å². The summed E-state index contributed by atoms with van der Waals surface area (Å²) in [5, 5.41) is 4.25. The third-order valence-electron chi connectivity index (χ3n) is 4.11. The second-order valence-electron chi connectivity index (χ2n) is 5.44. The number of rotatable bonds is 3. The molecule has 0 atom stereocenters. The standard InChI is InChI=1S/C19H18IP/c1-21(20,17-11-5-2-6-12-17,18-13-7-3-8-14-18)19-15-9-4-10-16-19/h2-16H,1H3/i1+1. The Morgan fingerprint density at radius 1 is 0.524 bits per heavy atom. The van der Waals surface area contributed by atoms with Crippen molar-refractivity contribution in [3.8, 4) is 0 Å². The van der Waals surface area contributed by atoms with Crippen molar-refractivity contribution in [1.82, 2.24) is 0 Å². The molecule has 21 heavy (non-hydrogen) atoms. The summed E-state index contributed by atoms with van der Waals surface area (Å²) in [7, 11) is 0. The molecule has 0 N–H and O–H groups in total. The fourth-order valence-electron chi connectivity index (χ4n) is 2.79. The van der Waals surface area contributed by atoms with Crippen molar-refractivity contribution in [2.45, 2.75) is 0 Å². The zero-order valence-electron chi connectivity index (χ0n) is 12.0. The quantitative estimate of drug-likeness (QED) is 0.342. The molecular formula is C19H18IP. The zero-order chi connectivity index (χ0) is 14.8. The normalized spacial score (nSPS) is 13.3. The topological polar surface area (TPSA) is 0 Å². The molecule has 0 aliphatic rings. The SMILES string of the molecule is [13CH3]P(I)(c1ccccc1)(c1ccccc1)c1ccccc1. The third kappa shape index (κ3) is 2.43. The van der Waals surface area contributed by atoms with E-state index in [1.165, 1.54) is 15.9 Å². The molecule has 0 radical (unpaired) electrons. The Hall–Kier alpha value is -1.18. The monoisotopic (exact) mass is 405 g/mol. The van der Waals surface area contributed by atoms with E-state index in [9.17, 15) is 0 Å². The first-order chi connectivity index (χ1) is 10.1. The molecule has 0 unspecified atom stereocenters. The molecule has 106 valence electrons. The van der Waals surface area contributed by atoms with Gasteiger partial charge in [-0.05, 0) is 0 Å². The predicted molar refractivity (Wildman–Crippen MR) is 105 cm³/mol. The molecule has 3 aromatic carbocycles. The fraction of sp³-hybridized carbons (Fsp3) is 0.0526. The van der Waals surface area contributed by atoms with Crippen LogP contribution in [0, 0.1) is 0 Å². The minimum absolute atomic E-state index is 1.42. The Morgan fingerprint density at radius 3 is 1.00 bits per heavy atom. The second-order valence-corrected chi connectivity index (χ2v) is 17.1. The van der Waals surface area contributed by atoms with Crippen molar-refractivity contribution in [3.05, 3.63) is 91.0 Å². The Bertz CT molecular complexity index is 618. The molecule has 0 saturated heterocycles. The van der Waals surface area contributed by atoms with Gasteiger partial charge < -0.3 is 0 Å². The van der Waals surface area contributed by atoms with Gasteiger partial charge in [0.05, 0.1) is 0 Å². The van der Waals surface area contributed by atoms with Gasteiger partial charge in [0.1, 0.15) is 0 Å². The van der Waals surface area contributed by atoms with Gasteiger partial charge in [0.15, 0.2) is 0 Å². The van der Waals surface area contributed by atoms with Crippen molar-refractivity contribution in [3.63, 3.8) is 0 Å². The molecule has 0 nitrogen and oxygen atoms in total.